The van der Waals surface area contributed by atoms with Gasteiger partial charge in [-0.2, -0.15) is 0 Å². The number of para-hydroxylation sites is 4. The van der Waals surface area contributed by atoms with Gasteiger partial charge in [-0.05, 0) is 47.5 Å². The van der Waals surface area contributed by atoms with Gasteiger partial charge in [0, 0.05) is 43.7 Å². The molecule has 2 N–H and O–H groups in total. The molecule has 149 valence electrons. The molecule has 2 heterocycles. The van der Waals surface area contributed by atoms with E-state index in [0.29, 0.717) is 0 Å². The first-order chi connectivity index (χ1) is 15.9. The molecule has 7 aromatic rings. The van der Waals surface area contributed by atoms with Crippen LogP contribution in [0, 0.1) is 6.07 Å². The third-order valence-electron chi connectivity index (χ3n) is 6.49. The summed E-state index contributed by atoms with van der Waals surface area (Å²) < 4.78 is 0. The summed E-state index contributed by atoms with van der Waals surface area (Å²) >= 11 is 0. The van der Waals surface area contributed by atoms with E-state index in [0.717, 1.165) is 22.2 Å². The fraction of sp³-hybridized carbons (Fsp3) is 0. The van der Waals surface area contributed by atoms with Crippen LogP contribution >= 0.6 is 0 Å². The second kappa shape index (κ2) is 6.60. The molecule has 32 heavy (non-hydrogen) atoms. The van der Waals surface area contributed by atoms with Gasteiger partial charge in [-0.3, -0.25) is 0 Å². The summed E-state index contributed by atoms with van der Waals surface area (Å²) in [6.45, 7) is 0. The van der Waals surface area contributed by atoms with E-state index in [-0.39, 0.29) is 0 Å². The fourth-order valence-corrected chi connectivity index (χ4v) is 5.01. The van der Waals surface area contributed by atoms with Gasteiger partial charge in [0.05, 0.1) is 11.0 Å². The Balaban J connectivity index is 1.45. The SMILES string of the molecule is [c]1cc(-c2cccc3c2[nH]c2ccccc23)cc(-c2cccc3c2[nH]c2ccccc23)c1. The second-order valence-electron chi connectivity index (χ2n) is 8.31. The highest BCUT2D eigenvalue weighted by atomic mass is 14.7. The van der Waals surface area contributed by atoms with Crippen molar-refractivity contribution in [1.82, 2.24) is 9.97 Å². The first-order valence-corrected chi connectivity index (χ1v) is 10.9. The molecular formula is C30H19N2. The number of hydrogen-bond donors (Lipinski definition) is 2. The van der Waals surface area contributed by atoms with Crippen molar-refractivity contribution in [1.29, 1.82) is 0 Å². The molecule has 0 aliphatic heterocycles. The van der Waals surface area contributed by atoms with Gasteiger partial charge < -0.3 is 9.97 Å². The van der Waals surface area contributed by atoms with Gasteiger partial charge in [-0.15, -0.1) is 0 Å². The van der Waals surface area contributed by atoms with Crippen LogP contribution in [0.1, 0.15) is 0 Å². The fourth-order valence-electron chi connectivity index (χ4n) is 5.01. The first-order valence-electron chi connectivity index (χ1n) is 10.9. The van der Waals surface area contributed by atoms with E-state index in [1.807, 2.05) is 0 Å². The summed E-state index contributed by atoms with van der Waals surface area (Å²) in [5.41, 5.74) is 9.38. The number of aromatic nitrogens is 2. The normalized spacial score (nSPS) is 11.8. The van der Waals surface area contributed by atoms with Gasteiger partial charge in [0.1, 0.15) is 0 Å². The van der Waals surface area contributed by atoms with E-state index in [9.17, 15) is 0 Å². The van der Waals surface area contributed by atoms with Gasteiger partial charge in [0.15, 0.2) is 0 Å². The number of H-pyrrole nitrogens is 2. The predicted molar refractivity (Wildman–Crippen MR) is 135 cm³/mol. The topological polar surface area (TPSA) is 31.6 Å². The molecule has 0 unspecified atom stereocenters. The van der Waals surface area contributed by atoms with Crippen molar-refractivity contribution in [3.63, 3.8) is 0 Å². The second-order valence-corrected chi connectivity index (χ2v) is 8.31. The van der Waals surface area contributed by atoms with Crippen molar-refractivity contribution in [3.8, 4) is 22.3 Å². The molecule has 0 bridgehead atoms. The zero-order chi connectivity index (χ0) is 21.1. The predicted octanol–water partition coefficient (Wildman–Crippen LogP) is 8.09. The number of rotatable bonds is 2. The summed E-state index contributed by atoms with van der Waals surface area (Å²) in [7, 11) is 0. The van der Waals surface area contributed by atoms with Crippen molar-refractivity contribution in [2.75, 3.05) is 0 Å². The molecule has 0 amide bonds. The van der Waals surface area contributed by atoms with E-state index in [1.165, 1.54) is 43.7 Å². The third-order valence-corrected chi connectivity index (χ3v) is 6.49. The maximum Gasteiger partial charge on any atom is 0.0544 e. The Morgan fingerprint density at radius 1 is 0.469 bits per heavy atom. The lowest BCUT2D eigenvalue weighted by atomic mass is 9.96. The van der Waals surface area contributed by atoms with Gasteiger partial charge >= 0.3 is 0 Å². The smallest absolute Gasteiger partial charge is 0.0544 e. The summed E-state index contributed by atoms with van der Waals surface area (Å²) in [6.07, 6.45) is 0. The Morgan fingerprint density at radius 3 is 1.47 bits per heavy atom. The molecule has 7 rings (SSSR count). The Labute approximate surface area is 185 Å². The van der Waals surface area contributed by atoms with E-state index < -0.39 is 0 Å². The maximum atomic E-state index is 3.63. The molecule has 2 heteroatoms. The van der Waals surface area contributed by atoms with Crippen molar-refractivity contribution in [2.45, 2.75) is 0 Å². The van der Waals surface area contributed by atoms with Gasteiger partial charge in [-0.25, -0.2) is 0 Å². The Bertz CT molecular complexity index is 1650. The molecule has 0 aliphatic rings. The quantitative estimate of drug-likeness (QED) is 0.290. The molecule has 1 radical (unpaired) electrons. The van der Waals surface area contributed by atoms with Gasteiger partial charge in [-0.1, -0.05) is 72.8 Å². The van der Waals surface area contributed by atoms with Crippen LogP contribution in [0.25, 0.3) is 65.9 Å². The van der Waals surface area contributed by atoms with Crippen LogP contribution in [0.5, 0.6) is 0 Å². The lowest BCUT2D eigenvalue weighted by molar-refractivity contribution is 1.52. The van der Waals surface area contributed by atoms with E-state index in [2.05, 4.69) is 119 Å². The molecule has 2 aromatic heterocycles. The Kier molecular flexibility index (Phi) is 3.58. The van der Waals surface area contributed by atoms with Crippen molar-refractivity contribution in [3.05, 3.63) is 109 Å². The molecule has 2 nitrogen and oxygen atoms in total. The van der Waals surface area contributed by atoms with E-state index >= 15 is 0 Å². The average Bonchev–Trinajstić information content (AvgIpc) is 3.42. The van der Waals surface area contributed by atoms with Crippen LogP contribution in [0.3, 0.4) is 0 Å². The minimum atomic E-state index is 1.16. The minimum absolute atomic E-state index is 1.16. The molecule has 0 saturated heterocycles. The summed E-state index contributed by atoms with van der Waals surface area (Å²) in [5, 5.41) is 5.02. The largest absolute Gasteiger partial charge is 0.354 e. The Morgan fingerprint density at radius 2 is 0.938 bits per heavy atom. The van der Waals surface area contributed by atoms with E-state index in [1.54, 1.807) is 0 Å². The molecular weight excluding hydrogens is 388 g/mol. The highest BCUT2D eigenvalue weighted by Crippen LogP contribution is 2.37. The molecule has 0 fully saturated rings. The Hall–Kier alpha value is -4.30. The molecule has 0 spiro atoms. The molecule has 5 aromatic carbocycles. The minimum Gasteiger partial charge on any atom is -0.354 e. The van der Waals surface area contributed by atoms with E-state index in [4.69, 9.17) is 0 Å². The highest BCUT2D eigenvalue weighted by molar-refractivity contribution is 6.13. The van der Waals surface area contributed by atoms with Crippen LogP contribution in [0.4, 0.5) is 0 Å². The lowest BCUT2D eigenvalue weighted by Gasteiger charge is -2.08. The summed E-state index contributed by atoms with van der Waals surface area (Å²) in [6, 6.07) is 39.8. The summed E-state index contributed by atoms with van der Waals surface area (Å²) in [5.74, 6) is 0. The van der Waals surface area contributed by atoms with Crippen molar-refractivity contribution in [2.24, 2.45) is 0 Å². The number of benzene rings is 5. The van der Waals surface area contributed by atoms with Crippen LogP contribution in [-0.2, 0) is 0 Å². The maximum absolute atomic E-state index is 3.63. The molecule has 0 atom stereocenters. The van der Waals surface area contributed by atoms with Gasteiger partial charge in [0.2, 0.25) is 0 Å². The van der Waals surface area contributed by atoms with Crippen LogP contribution < -0.4 is 0 Å². The number of nitrogens with one attached hydrogen (secondary N) is 2. The number of hydrogen-bond acceptors (Lipinski definition) is 0. The van der Waals surface area contributed by atoms with Crippen LogP contribution in [0.2, 0.25) is 0 Å². The monoisotopic (exact) mass is 407 g/mol. The zero-order valence-electron chi connectivity index (χ0n) is 17.3. The van der Waals surface area contributed by atoms with Crippen molar-refractivity contribution >= 4 is 43.6 Å². The summed E-state index contributed by atoms with van der Waals surface area (Å²) in [4.78, 5) is 7.26. The molecule has 0 aliphatic carbocycles. The molecule has 0 saturated carbocycles. The van der Waals surface area contributed by atoms with Gasteiger partial charge in [0.25, 0.3) is 0 Å². The third kappa shape index (κ3) is 2.47. The number of fused-ring (bicyclic) bond motifs is 6. The zero-order valence-corrected chi connectivity index (χ0v) is 17.3. The van der Waals surface area contributed by atoms with Crippen LogP contribution in [-0.4, -0.2) is 9.97 Å². The highest BCUT2D eigenvalue weighted by Gasteiger charge is 2.12. The first kappa shape index (κ1) is 17.4. The van der Waals surface area contributed by atoms with Crippen molar-refractivity contribution < 1.29 is 0 Å². The standard InChI is InChI=1S/C30H19N2/c1-3-16-27-23(10-1)25-14-6-12-21(29(25)31-27)19-8-5-9-20(18-19)22-13-7-15-26-24-11-2-4-17-28(24)32-30(22)26/h1-4,6-18,31-32H. The average molecular weight is 407 g/mol. The lowest BCUT2D eigenvalue weighted by Crippen LogP contribution is -1.85. The number of aromatic amines is 2. The van der Waals surface area contributed by atoms with Crippen LogP contribution in [0.15, 0.2) is 103 Å².